The molecule has 102 valence electrons. The van der Waals surface area contributed by atoms with E-state index in [4.69, 9.17) is 10.00 Å². The number of hydrogen-bond acceptors (Lipinski definition) is 4. The van der Waals surface area contributed by atoms with Crippen molar-refractivity contribution in [2.24, 2.45) is 0 Å². The van der Waals surface area contributed by atoms with E-state index in [1.54, 1.807) is 14.0 Å². The van der Waals surface area contributed by atoms with Gasteiger partial charge < -0.3 is 14.7 Å². The maximum atomic E-state index is 10.0. The number of benzene rings is 1. The second-order valence-corrected chi connectivity index (χ2v) is 4.90. The minimum atomic E-state index is -0.588. The van der Waals surface area contributed by atoms with Crippen LogP contribution in [0.1, 0.15) is 37.9 Å². The minimum absolute atomic E-state index is 0.493. The summed E-state index contributed by atoms with van der Waals surface area (Å²) in [7, 11) is 1.61. The largest absolute Gasteiger partial charge is 0.496 e. The number of aliphatic hydroxyl groups excluding tert-OH is 1. The molecule has 1 aromatic rings. The molecule has 0 bridgehead atoms. The van der Waals surface area contributed by atoms with Gasteiger partial charge in [-0.05, 0) is 31.9 Å². The third-order valence-corrected chi connectivity index (χ3v) is 3.44. The van der Waals surface area contributed by atoms with E-state index in [-0.39, 0.29) is 0 Å². The van der Waals surface area contributed by atoms with Gasteiger partial charge in [0.15, 0.2) is 0 Å². The van der Waals surface area contributed by atoms with Gasteiger partial charge in [-0.3, -0.25) is 0 Å². The smallest absolute Gasteiger partial charge is 0.126 e. The van der Waals surface area contributed by atoms with E-state index < -0.39 is 6.10 Å². The van der Waals surface area contributed by atoms with Crippen LogP contribution in [0.5, 0.6) is 5.75 Å². The summed E-state index contributed by atoms with van der Waals surface area (Å²) in [4.78, 5) is 2.23. The summed E-state index contributed by atoms with van der Waals surface area (Å²) in [6, 6.07) is 8.49. The second-order valence-electron chi connectivity index (χ2n) is 4.90. The second kappa shape index (κ2) is 5.94. The van der Waals surface area contributed by atoms with Crippen LogP contribution in [0.3, 0.4) is 0 Å². The molecule has 4 heteroatoms. The van der Waals surface area contributed by atoms with Crippen LogP contribution in [0.4, 0.5) is 5.69 Å². The zero-order valence-corrected chi connectivity index (χ0v) is 11.5. The Kier molecular flexibility index (Phi) is 4.28. The van der Waals surface area contributed by atoms with Crippen LogP contribution in [0, 0.1) is 11.3 Å². The first-order valence-corrected chi connectivity index (χ1v) is 6.67. The average Bonchev–Trinajstić information content (AvgIpc) is 3.23. The first-order chi connectivity index (χ1) is 9.19. The third kappa shape index (κ3) is 2.99. The fraction of sp³-hybridized carbons (Fsp3) is 0.533. The molecule has 19 heavy (non-hydrogen) atoms. The van der Waals surface area contributed by atoms with Crippen LogP contribution in [0.15, 0.2) is 18.2 Å². The zero-order valence-electron chi connectivity index (χ0n) is 11.5. The predicted molar refractivity (Wildman–Crippen MR) is 74.2 cm³/mol. The van der Waals surface area contributed by atoms with Gasteiger partial charge in [0.05, 0.1) is 25.7 Å². The van der Waals surface area contributed by atoms with Gasteiger partial charge in [-0.2, -0.15) is 5.26 Å². The molecule has 0 radical (unpaired) electrons. The molecule has 0 unspecified atom stereocenters. The first-order valence-electron chi connectivity index (χ1n) is 6.67. The fourth-order valence-corrected chi connectivity index (χ4v) is 2.44. The lowest BCUT2D eigenvalue weighted by Crippen LogP contribution is -2.28. The SMILES string of the molecule is COc1cccc(N(CCC#N)C2CC2)c1[C@H](C)O. The number of hydrogen-bond donors (Lipinski definition) is 1. The summed E-state index contributed by atoms with van der Waals surface area (Å²) in [5.74, 6) is 0.704. The van der Waals surface area contributed by atoms with Gasteiger partial charge >= 0.3 is 0 Å². The van der Waals surface area contributed by atoms with E-state index in [0.29, 0.717) is 24.8 Å². The van der Waals surface area contributed by atoms with Crippen LogP contribution in [-0.4, -0.2) is 24.8 Å². The van der Waals surface area contributed by atoms with Crippen LogP contribution in [0.2, 0.25) is 0 Å². The molecule has 2 rings (SSSR count). The standard InChI is InChI=1S/C15H20N2O2/c1-11(18)15-13(5-3-6-14(15)19-2)17(10-4-9-16)12-7-8-12/h3,5-6,11-12,18H,4,7-8,10H2,1-2H3/t11-/m0/s1. The van der Waals surface area contributed by atoms with Gasteiger partial charge in [0, 0.05) is 23.8 Å². The maximum absolute atomic E-state index is 10.0. The highest BCUT2D eigenvalue weighted by molar-refractivity contribution is 5.61. The normalized spacial score (nSPS) is 15.7. The molecule has 0 heterocycles. The van der Waals surface area contributed by atoms with E-state index >= 15 is 0 Å². The van der Waals surface area contributed by atoms with Gasteiger partial charge in [0.1, 0.15) is 5.75 Å². The average molecular weight is 260 g/mol. The molecular weight excluding hydrogens is 240 g/mol. The molecule has 1 aliphatic carbocycles. The Bertz CT molecular complexity index is 476. The van der Waals surface area contributed by atoms with E-state index in [2.05, 4.69) is 11.0 Å². The highest BCUT2D eigenvalue weighted by atomic mass is 16.5. The fourth-order valence-electron chi connectivity index (χ4n) is 2.44. The lowest BCUT2D eigenvalue weighted by molar-refractivity contribution is 0.194. The Labute approximate surface area is 114 Å². The van der Waals surface area contributed by atoms with Gasteiger partial charge in [0.25, 0.3) is 0 Å². The number of ether oxygens (including phenoxy) is 1. The Morgan fingerprint density at radius 1 is 1.53 bits per heavy atom. The molecule has 1 aromatic carbocycles. The molecule has 0 aromatic heterocycles. The molecule has 1 N–H and O–H groups in total. The summed E-state index contributed by atoms with van der Waals surface area (Å²) < 4.78 is 5.35. The van der Waals surface area contributed by atoms with Crippen LogP contribution >= 0.6 is 0 Å². The van der Waals surface area contributed by atoms with Crippen molar-refractivity contribution in [1.82, 2.24) is 0 Å². The van der Waals surface area contributed by atoms with Crippen molar-refractivity contribution in [2.45, 2.75) is 38.3 Å². The summed E-state index contributed by atoms with van der Waals surface area (Å²) in [6.07, 6.45) is 2.21. The minimum Gasteiger partial charge on any atom is -0.496 e. The molecule has 1 atom stereocenters. The van der Waals surface area contributed by atoms with E-state index in [9.17, 15) is 5.11 Å². The van der Waals surface area contributed by atoms with E-state index in [0.717, 1.165) is 24.1 Å². The van der Waals surface area contributed by atoms with Crippen molar-refractivity contribution >= 4 is 5.69 Å². The van der Waals surface area contributed by atoms with Crippen LogP contribution < -0.4 is 9.64 Å². The van der Waals surface area contributed by atoms with Crippen molar-refractivity contribution < 1.29 is 9.84 Å². The van der Waals surface area contributed by atoms with Gasteiger partial charge in [-0.1, -0.05) is 6.07 Å². The predicted octanol–water partition coefficient (Wildman–Crippen LogP) is 2.63. The van der Waals surface area contributed by atoms with E-state index in [1.165, 1.54) is 0 Å². The number of methoxy groups -OCH3 is 1. The Morgan fingerprint density at radius 2 is 2.26 bits per heavy atom. The van der Waals surface area contributed by atoms with Gasteiger partial charge in [-0.25, -0.2) is 0 Å². The van der Waals surface area contributed by atoms with E-state index in [1.807, 2.05) is 18.2 Å². The van der Waals surface area contributed by atoms with Crippen molar-refractivity contribution in [3.05, 3.63) is 23.8 Å². The zero-order chi connectivity index (χ0) is 13.8. The monoisotopic (exact) mass is 260 g/mol. The third-order valence-electron chi connectivity index (χ3n) is 3.44. The highest BCUT2D eigenvalue weighted by Gasteiger charge is 2.31. The van der Waals surface area contributed by atoms with Crippen molar-refractivity contribution in [3.63, 3.8) is 0 Å². The Hall–Kier alpha value is -1.73. The molecule has 0 spiro atoms. The lowest BCUT2D eigenvalue weighted by Gasteiger charge is -2.28. The van der Waals surface area contributed by atoms with Gasteiger partial charge in [0.2, 0.25) is 0 Å². The Balaban J connectivity index is 2.38. The lowest BCUT2D eigenvalue weighted by atomic mass is 10.1. The van der Waals surface area contributed by atoms with Crippen LogP contribution in [-0.2, 0) is 0 Å². The summed E-state index contributed by atoms with van der Waals surface area (Å²) in [5, 5.41) is 18.8. The summed E-state index contributed by atoms with van der Waals surface area (Å²) >= 11 is 0. The van der Waals surface area contributed by atoms with Crippen molar-refractivity contribution in [2.75, 3.05) is 18.6 Å². The number of nitrogens with zero attached hydrogens (tertiary/aromatic N) is 2. The van der Waals surface area contributed by atoms with Gasteiger partial charge in [-0.15, -0.1) is 0 Å². The molecule has 1 aliphatic rings. The van der Waals surface area contributed by atoms with Crippen molar-refractivity contribution in [1.29, 1.82) is 5.26 Å². The number of rotatable bonds is 6. The number of anilines is 1. The van der Waals surface area contributed by atoms with Crippen LogP contribution in [0.25, 0.3) is 0 Å². The first kappa shape index (κ1) is 13.7. The number of nitriles is 1. The quantitative estimate of drug-likeness (QED) is 0.854. The van der Waals surface area contributed by atoms with Crippen molar-refractivity contribution in [3.8, 4) is 11.8 Å². The number of aliphatic hydroxyl groups is 1. The Morgan fingerprint density at radius 3 is 2.79 bits per heavy atom. The molecule has 0 aliphatic heterocycles. The molecule has 0 saturated heterocycles. The molecule has 0 amide bonds. The molecule has 1 fully saturated rings. The topological polar surface area (TPSA) is 56.5 Å². The summed E-state index contributed by atoms with van der Waals surface area (Å²) in [5.41, 5.74) is 1.81. The molecule has 1 saturated carbocycles. The highest BCUT2D eigenvalue weighted by Crippen LogP contribution is 2.39. The summed E-state index contributed by atoms with van der Waals surface area (Å²) in [6.45, 7) is 2.45. The maximum Gasteiger partial charge on any atom is 0.126 e. The molecular formula is C15H20N2O2. The molecule has 4 nitrogen and oxygen atoms in total.